The molecule has 0 radical (unpaired) electrons. The number of aromatic nitrogens is 1. The molecule has 5 nitrogen and oxygen atoms in total. The second-order valence-corrected chi connectivity index (χ2v) is 7.91. The van der Waals surface area contributed by atoms with E-state index >= 15 is 0 Å². The molecule has 1 atom stereocenters. The van der Waals surface area contributed by atoms with Gasteiger partial charge in [0.1, 0.15) is 24.7 Å². The molecule has 0 bridgehead atoms. The highest BCUT2D eigenvalue weighted by Gasteiger charge is 2.27. The fourth-order valence-corrected chi connectivity index (χ4v) is 4.21. The average molecular weight is 402 g/mol. The summed E-state index contributed by atoms with van der Waals surface area (Å²) in [5.74, 6) is 3.31. The quantitative estimate of drug-likeness (QED) is 0.580. The largest absolute Gasteiger partial charge is 0.486 e. The summed E-state index contributed by atoms with van der Waals surface area (Å²) in [6.07, 6.45) is 4.13. The fourth-order valence-electron chi connectivity index (χ4n) is 4.21. The van der Waals surface area contributed by atoms with Gasteiger partial charge in [0.25, 0.3) is 0 Å². The monoisotopic (exact) mass is 402 g/mol. The molecule has 0 saturated carbocycles. The Bertz CT molecular complexity index is 1000. The summed E-state index contributed by atoms with van der Waals surface area (Å²) in [5, 5.41) is 0. The van der Waals surface area contributed by atoms with Crippen LogP contribution in [0.5, 0.6) is 23.0 Å². The van der Waals surface area contributed by atoms with Crippen molar-refractivity contribution in [2.45, 2.75) is 32.4 Å². The van der Waals surface area contributed by atoms with Crippen LogP contribution in [-0.2, 0) is 6.54 Å². The van der Waals surface area contributed by atoms with Gasteiger partial charge in [0.05, 0.1) is 6.20 Å². The Labute approximate surface area is 177 Å². The Kier molecular flexibility index (Phi) is 5.28. The molecule has 2 aromatic carbocycles. The lowest BCUT2D eigenvalue weighted by molar-refractivity contribution is 0.170. The Morgan fingerprint density at radius 1 is 0.967 bits per heavy atom. The maximum atomic E-state index is 5.90. The molecule has 1 aromatic heterocycles. The van der Waals surface area contributed by atoms with Gasteiger partial charge >= 0.3 is 0 Å². The van der Waals surface area contributed by atoms with Crippen molar-refractivity contribution in [3.63, 3.8) is 0 Å². The van der Waals surface area contributed by atoms with Crippen molar-refractivity contribution in [2.24, 2.45) is 0 Å². The van der Waals surface area contributed by atoms with Crippen molar-refractivity contribution in [3.05, 3.63) is 77.6 Å². The third-order valence-electron chi connectivity index (χ3n) is 5.74. The van der Waals surface area contributed by atoms with E-state index in [2.05, 4.69) is 34.1 Å². The standard InChI is InChI=1S/C25H26N2O3/c1-18-4-8-22(16-26-18)30-21-9-5-19(6-10-21)17-27-12-2-3-23(27)20-7-11-24-25(15-20)29-14-13-28-24/h4-11,15-16,23H,2-3,12-14,17H2,1H3/t23-/m0/s1. The first kappa shape index (κ1) is 18.9. The Hall–Kier alpha value is -3.05. The number of hydrogen-bond donors (Lipinski definition) is 0. The van der Waals surface area contributed by atoms with Crippen LogP contribution < -0.4 is 14.2 Å². The van der Waals surface area contributed by atoms with Gasteiger partial charge in [0.15, 0.2) is 11.5 Å². The molecule has 3 heterocycles. The zero-order valence-electron chi connectivity index (χ0n) is 17.2. The molecule has 1 saturated heterocycles. The van der Waals surface area contributed by atoms with E-state index in [1.54, 1.807) is 6.20 Å². The van der Waals surface area contributed by atoms with E-state index in [0.717, 1.165) is 41.8 Å². The molecule has 0 aliphatic carbocycles. The van der Waals surface area contributed by atoms with Crippen LogP contribution in [0, 0.1) is 6.92 Å². The van der Waals surface area contributed by atoms with Crippen molar-refractivity contribution in [1.82, 2.24) is 9.88 Å². The van der Waals surface area contributed by atoms with E-state index < -0.39 is 0 Å². The molecule has 154 valence electrons. The van der Waals surface area contributed by atoms with E-state index in [0.29, 0.717) is 19.3 Å². The van der Waals surface area contributed by atoms with Gasteiger partial charge in [-0.1, -0.05) is 18.2 Å². The van der Waals surface area contributed by atoms with Gasteiger partial charge in [-0.15, -0.1) is 0 Å². The van der Waals surface area contributed by atoms with Crippen LogP contribution >= 0.6 is 0 Å². The first-order valence-electron chi connectivity index (χ1n) is 10.6. The van der Waals surface area contributed by atoms with Gasteiger partial charge in [-0.05, 0) is 73.8 Å². The molecule has 3 aromatic rings. The van der Waals surface area contributed by atoms with Crippen LogP contribution in [0.3, 0.4) is 0 Å². The predicted octanol–water partition coefficient (Wildman–Crippen LogP) is 5.29. The van der Waals surface area contributed by atoms with Crippen molar-refractivity contribution < 1.29 is 14.2 Å². The van der Waals surface area contributed by atoms with Crippen LogP contribution in [0.4, 0.5) is 0 Å². The molecule has 2 aliphatic heterocycles. The minimum absolute atomic E-state index is 0.412. The van der Waals surface area contributed by atoms with Gasteiger partial charge in [-0.25, -0.2) is 0 Å². The van der Waals surface area contributed by atoms with E-state index in [9.17, 15) is 0 Å². The normalized spacial score (nSPS) is 18.4. The Morgan fingerprint density at radius 2 is 1.77 bits per heavy atom. The lowest BCUT2D eigenvalue weighted by atomic mass is 10.0. The highest BCUT2D eigenvalue weighted by molar-refractivity contribution is 5.45. The first-order valence-corrected chi connectivity index (χ1v) is 10.6. The summed E-state index contributed by atoms with van der Waals surface area (Å²) in [5.41, 5.74) is 3.58. The summed E-state index contributed by atoms with van der Waals surface area (Å²) >= 11 is 0. The maximum Gasteiger partial charge on any atom is 0.161 e. The minimum Gasteiger partial charge on any atom is -0.486 e. The number of nitrogens with zero attached hydrogens (tertiary/aromatic N) is 2. The van der Waals surface area contributed by atoms with Crippen LogP contribution in [0.15, 0.2) is 60.8 Å². The number of rotatable bonds is 5. The molecule has 0 unspecified atom stereocenters. The van der Waals surface area contributed by atoms with Gasteiger partial charge < -0.3 is 14.2 Å². The van der Waals surface area contributed by atoms with E-state index in [1.807, 2.05) is 37.3 Å². The molecule has 0 amide bonds. The molecule has 0 spiro atoms. The lowest BCUT2D eigenvalue weighted by Crippen LogP contribution is -2.23. The smallest absolute Gasteiger partial charge is 0.161 e. The second kappa shape index (κ2) is 8.36. The summed E-state index contributed by atoms with van der Waals surface area (Å²) in [6.45, 7) is 5.24. The molecular weight excluding hydrogens is 376 g/mol. The molecule has 5 heteroatoms. The number of ether oxygens (including phenoxy) is 3. The van der Waals surface area contributed by atoms with Crippen molar-refractivity contribution in [1.29, 1.82) is 0 Å². The summed E-state index contributed by atoms with van der Waals surface area (Å²) < 4.78 is 17.4. The van der Waals surface area contributed by atoms with E-state index in [1.165, 1.54) is 24.0 Å². The lowest BCUT2D eigenvalue weighted by Gasteiger charge is -2.26. The predicted molar refractivity (Wildman–Crippen MR) is 115 cm³/mol. The third kappa shape index (κ3) is 4.12. The maximum absolute atomic E-state index is 5.90. The zero-order valence-corrected chi connectivity index (χ0v) is 17.2. The number of pyridine rings is 1. The molecule has 30 heavy (non-hydrogen) atoms. The molecular formula is C25H26N2O3. The molecule has 0 N–H and O–H groups in total. The van der Waals surface area contributed by atoms with Gasteiger partial charge in [0.2, 0.25) is 0 Å². The van der Waals surface area contributed by atoms with Crippen molar-refractivity contribution >= 4 is 0 Å². The first-order chi connectivity index (χ1) is 14.7. The van der Waals surface area contributed by atoms with Crippen LogP contribution in [0.2, 0.25) is 0 Å². The summed E-state index contributed by atoms with van der Waals surface area (Å²) in [7, 11) is 0. The molecule has 5 rings (SSSR count). The molecule has 2 aliphatic rings. The minimum atomic E-state index is 0.412. The fraction of sp³-hybridized carbons (Fsp3) is 0.320. The SMILES string of the molecule is Cc1ccc(Oc2ccc(CN3CCC[C@H]3c3ccc4c(c3)OCCO4)cc2)cn1. The molecule has 1 fully saturated rings. The van der Waals surface area contributed by atoms with Crippen molar-refractivity contribution in [3.8, 4) is 23.0 Å². The number of likely N-dealkylation sites (tertiary alicyclic amines) is 1. The summed E-state index contributed by atoms with van der Waals surface area (Å²) in [4.78, 5) is 6.82. The Balaban J connectivity index is 1.26. The zero-order chi connectivity index (χ0) is 20.3. The van der Waals surface area contributed by atoms with Crippen molar-refractivity contribution in [2.75, 3.05) is 19.8 Å². The highest BCUT2D eigenvalue weighted by atomic mass is 16.6. The average Bonchev–Trinajstić information content (AvgIpc) is 3.24. The number of aryl methyl sites for hydroxylation is 1. The van der Waals surface area contributed by atoms with Gasteiger partial charge in [-0.3, -0.25) is 9.88 Å². The second-order valence-electron chi connectivity index (χ2n) is 7.91. The highest BCUT2D eigenvalue weighted by Crippen LogP contribution is 2.38. The van der Waals surface area contributed by atoms with Crippen LogP contribution in [0.25, 0.3) is 0 Å². The Morgan fingerprint density at radius 3 is 2.57 bits per heavy atom. The number of benzene rings is 2. The number of hydrogen-bond acceptors (Lipinski definition) is 5. The van der Waals surface area contributed by atoms with Crippen LogP contribution in [0.1, 0.15) is 35.7 Å². The topological polar surface area (TPSA) is 43.8 Å². The number of fused-ring (bicyclic) bond motifs is 1. The van der Waals surface area contributed by atoms with Crippen LogP contribution in [-0.4, -0.2) is 29.6 Å². The van der Waals surface area contributed by atoms with E-state index in [-0.39, 0.29) is 0 Å². The summed E-state index contributed by atoms with van der Waals surface area (Å²) in [6, 6.07) is 19.1. The van der Waals surface area contributed by atoms with E-state index in [4.69, 9.17) is 14.2 Å². The van der Waals surface area contributed by atoms with Gasteiger partial charge in [-0.2, -0.15) is 0 Å². The third-order valence-corrected chi connectivity index (χ3v) is 5.74. The van der Waals surface area contributed by atoms with Gasteiger partial charge in [0, 0.05) is 18.3 Å².